The molecule has 0 spiro atoms. The van der Waals surface area contributed by atoms with Gasteiger partial charge in [0.15, 0.2) is 6.10 Å². The Hall–Kier alpha value is -2.84. The van der Waals surface area contributed by atoms with Crippen LogP contribution >= 0.6 is 11.3 Å². The predicted octanol–water partition coefficient (Wildman–Crippen LogP) is 11.7. The van der Waals surface area contributed by atoms with Crippen LogP contribution in [0.25, 0.3) is 21.1 Å². The Morgan fingerprint density at radius 2 is 1.05 bits per heavy atom. The lowest BCUT2D eigenvalue weighted by Crippen LogP contribution is -2.13. The van der Waals surface area contributed by atoms with Crippen molar-refractivity contribution in [2.45, 2.75) is 136 Å². The first-order chi connectivity index (χ1) is 21.2. The first-order valence-corrected chi connectivity index (χ1v) is 17.8. The van der Waals surface area contributed by atoms with Crippen molar-refractivity contribution < 1.29 is 9.47 Å². The third kappa shape index (κ3) is 14.0. The Morgan fingerprint density at radius 3 is 1.53 bits per heavy atom. The Kier molecular flexibility index (Phi) is 17.6. The van der Waals surface area contributed by atoms with Crippen LogP contribution < -0.4 is 9.47 Å². The SMILES string of the molecule is C#C[C@H](CCCCCCCCCCCCC)Oc1ccc(-c2nnc(-c3ccc(OCCCCCCCC)cc3)s2)cc1. The molecule has 0 saturated carbocycles. The van der Waals surface area contributed by atoms with Gasteiger partial charge in [-0.1, -0.05) is 127 Å². The number of hydrogen-bond acceptors (Lipinski definition) is 5. The van der Waals surface area contributed by atoms with Gasteiger partial charge in [-0.05, 0) is 67.8 Å². The van der Waals surface area contributed by atoms with Gasteiger partial charge in [0.05, 0.1) is 6.61 Å². The van der Waals surface area contributed by atoms with Gasteiger partial charge < -0.3 is 9.47 Å². The van der Waals surface area contributed by atoms with Crippen molar-refractivity contribution in [3.05, 3.63) is 48.5 Å². The number of ether oxygens (including phenoxy) is 2. The molecule has 0 unspecified atom stereocenters. The molecule has 3 aromatic rings. The fourth-order valence-corrected chi connectivity index (χ4v) is 6.09. The second-order valence-corrected chi connectivity index (χ2v) is 12.7. The minimum atomic E-state index is -0.185. The van der Waals surface area contributed by atoms with E-state index in [-0.39, 0.29) is 6.10 Å². The summed E-state index contributed by atoms with van der Waals surface area (Å²) < 4.78 is 12.0. The predicted molar refractivity (Wildman–Crippen MR) is 184 cm³/mol. The van der Waals surface area contributed by atoms with E-state index in [2.05, 4.69) is 42.1 Å². The highest BCUT2D eigenvalue weighted by molar-refractivity contribution is 7.17. The number of unbranched alkanes of at least 4 members (excludes halogenated alkanes) is 15. The lowest BCUT2D eigenvalue weighted by Gasteiger charge is -2.14. The molecule has 234 valence electrons. The monoisotopic (exact) mass is 602 g/mol. The summed E-state index contributed by atoms with van der Waals surface area (Å²) >= 11 is 1.59. The van der Waals surface area contributed by atoms with E-state index >= 15 is 0 Å². The smallest absolute Gasteiger partial charge is 0.158 e. The van der Waals surface area contributed by atoms with E-state index in [1.165, 1.54) is 96.3 Å². The first-order valence-electron chi connectivity index (χ1n) is 17.0. The largest absolute Gasteiger partial charge is 0.494 e. The Balaban J connectivity index is 1.35. The second-order valence-electron chi connectivity index (χ2n) is 11.7. The summed E-state index contributed by atoms with van der Waals surface area (Å²) in [6.07, 6.45) is 28.7. The van der Waals surface area contributed by atoms with Gasteiger partial charge >= 0.3 is 0 Å². The summed E-state index contributed by atoms with van der Waals surface area (Å²) in [5.41, 5.74) is 2.08. The fourth-order valence-electron chi connectivity index (χ4n) is 5.23. The summed E-state index contributed by atoms with van der Waals surface area (Å²) in [6.45, 7) is 5.30. The Bertz CT molecular complexity index is 1150. The number of rotatable bonds is 24. The lowest BCUT2D eigenvalue weighted by molar-refractivity contribution is 0.242. The van der Waals surface area contributed by atoms with Gasteiger partial charge in [0.25, 0.3) is 0 Å². The van der Waals surface area contributed by atoms with E-state index in [0.717, 1.165) is 58.5 Å². The molecule has 3 rings (SSSR count). The van der Waals surface area contributed by atoms with Crippen LogP contribution in [0.3, 0.4) is 0 Å². The van der Waals surface area contributed by atoms with E-state index < -0.39 is 0 Å². The molecule has 0 radical (unpaired) electrons. The highest BCUT2D eigenvalue weighted by Crippen LogP contribution is 2.32. The van der Waals surface area contributed by atoms with Crippen LogP contribution in [0.15, 0.2) is 48.5 Å². The average Bonchev–Trinajstić information content (AvgIpc) is 3.54. The molecule has 0 aliphatic carbocycles. The van der Waals surface area contributed by atoms with Gasteiger partial charge in [-0.25, -0.2) is 0 Å². The standard InChI is InChI=1S/C38H54N2O2S/c1-4-7-9-11-13-14-15-16-17-18-20-22-34(6-3)42-36-29-25-33(26-30-36)38-40-39-37(43-38)32-23-27-35(28-24-32)41-31-21-19-12-10-8-5-2/h3,23-30,34H,4-5,7-22,31H2,1-2H3/t34-/m1/s1. The molecule has 0 N–H and O–H groups in total. The Morgan fingerprint density at radius 1 is 0.605 bits per heavy atom. The highest BCUT2D eigenvalue weighted by atomic mass is 32.1. The van der Waals surface area contributed by atoms with Crippen molar-refractivity contribution in [3.63, 3.8) is 0 Å². The zero-order valence-corrected chi connectivity index (χ0v) is 27.6. The summed E-state index contributed by atoms with van der Waals surface area (Å²) in [6, 6.07) is 16.2. The average molecular weight is 603 g/mol. The molecular weight excluding hydrogens is 548 g/mol. The molecule has 1 atom stereocenters. The molecule has 0 fully saturated rings. The minimum absolute atomic E-state index is 0.185. The lowest BCUT2D eigenvalue weighted by atomic mass is 10.0. The van der Waals surface area contributed by atoms with E-state index in [4.69, 9.17) is 15.9 Å². The molecule has 0 aliphatic rings. The number of hydrogen-bond donors (Lipinski definition) is 0. The molecule has 0 amide bonds. The normalized spacial score (nSPS) is 11.7. The van der Waals surface area contributed by atoms with E-state index in [9.17, 15) is 0 Å². The van der Waals surface area contributed by atoms with E-state index in [1.54, 1.807) is 11.3 Å². The molecule has 1 aromatic heterocycles. The maximum absolute atomic E-state index is 6.11. The minimum Gasteiger partial charge on any atom is -0.494 e. The number of aromatic nitrogens is 2. The van der Waals surface area contributed by atoms with Crippen LogP contribution in [0.4, 0.5) is 0 Å². The first kappa shape index (κ1) is 34.6. The third-order valence-corrected chi connectivity index (χ3v) is 8.95. The molecule has 4 nitrogen and oxygen atoms in total. The van der Waals surface area contributed by atoms with Crippen molar-refractivity contribution >= 4 is 11.3 Å². The van der Waals surface area contributed by atoms with Crippen molar-refractivity contribution in [3.8, 4) is 45.0 Å². The van der Waals surface area contributed by atoms with Crippen LogP contribution in [0.5, 0.6) is 11.5 Å². The van der Waals surface area contributed by atoms with Gasteiger partial charge in [-0.2, -0.15) is 0 Å². The molecule has 0 bridgehead atoms. The molecule has 1 heterocycles. The van der Waals surface area contributed by atoms with Crippen molar-refractivity contribution in [2.75, 3.05) is 6.61 Å². The highest BCUT2D eigenvalue weighted by Gasteiger charge is 2.11. The van der Waals surface area contributed by atoms with Gasteiger partial charge in [-0.15, -0.1) is 16.6 Å². The zero-order chi connectivity index (χ0) is 30.4. The topological polar surface area (TPSA) is 44.2 Å². The van der Waals surface area contributed by atoms with Gasteiger partial charge in [-0.3, -0.25) is 0 Å². The maximum atomic E-state index is 6.11. The number of terminal acetylenes is 1. The quantitative estimate of drug-likeness (QED) is 0.0755. The van der Waals surface area contributed by atoms with Crippen molar-refractivity contribution in [2.24, 2.45) is 0 Å². The zero-order valence-electron chi connectivity index (χ0n) is 26.8. The fraction of sp³-hybridized carbons (Fsp3) is 0.579. The number of benzene rings is 2. The molecule has 43 heavy (non-hydrogen) atoms. The van der Waals surface area contributed by atoms with Crippen LogP contribution in [0.1, 0.15) is 129 Å². The van der Waals surface area contributed by atoms with Crippen molar-refractivity contribution in [1.29, 1.82) is 0 Å². The van der Waals surface area contributed by atoms with Crippen LogP contribution in [-0.2, 0) is 0 Å². The van der Waals surface area contributed by atoms with E-state index in [1.807, 2.05) is 36.4 Å². The Labute approximate surface area is 266 Å². The number of nitrogens with zero attached hydrogens (tertiary/aromatic N) is 2. The molecule has 2 aromatic carbocycles. The van der Waals surface area contributed by atoms with Gasteiger partial charge in [0.1, 0.15) is 21.5 Å². The third-order valence-electron chi connectivity index (χ3n) is 7.93. The summed E-state index contributed by atoms with van der Waals surface area (Å²) in [5, 5.41) is 10.7. The van der Waals surface area contributed by atoms with Crippen LogP contribution in [-0.4, -0.2) is 22.9 Å². The molecule has 5 heteroatoms. The summed E-state index contributed by atoms with van der Waals surface area (Å²) in [7, 11) is 0. The molecular formula is C38H54N2O2S. The van der Waals surface area contributed by atoms with Crippen molar-refractivity contribution in [1.82, 2.24) is 10.2 Å². The van der Waals surface area contributed by atoms with E-state index in [0.29, 0.717) is 0 Å². The molecule has 0 saturated heterocycles. The van der Waals surface area contributed by atoms with Crippen LogP contribution in [0.2, 0.25) is 0 Å². The summed E-state index contributed by atoms with van der Waals surface area (Å²) in [4.78, 5) is 0. The summed E-state index contributed by atoms with van der Waals surface area (Å²) in [5.74, 6) is 4.54. The molecule has 0 aliphatic heterocycles. The second kappa shape index (κ2) is 21.8. The van der Waals surface area contributed by atoms with Crippen LogP contribution in [0, 0.1) is 12.3 Å². The van der Waals surface area contributed by atoms with Gasteiger partial charge in [0.2, 0.25) is 0 Å². The van der Waals surface area contributed by atoms with Gasteiger partial charge in [0, 0.05) is 11.1 Å². The maximum Gasteiger partial charge on any atom is 0.158 e.